The second-order valence-corrected chi connectivity index (χ2v) is 5.71. The molecule has 0 atom stereocenters. The van der Waals surface area contributed by atoms with Crippen molar-refractivity contribution in [3.63, 3.8) is 0 Å². The molecular formula is C16H17N5O2. The number of aromatic nitrogens is 4. The molecule has 2 N–H and O–H groups in total. The number of nitrogens with zero attached hydrogens (tertiary/aromatic N) is 4. The average molecular weight is 311 g/mol. The van der Waals surface area contributed by atoms with Crippen LogP contribution in [0.1, 0.15) is 17.0 Å². The van der Waals surface area contributed by atoms with E-state index in [0.717, 1.165) is 47.5 Å². The van der Waals surface area contributed by atoms with E-state index in [-0.39, 0.29) is 6.54 Å². The van der Waals surface area contributed by atoms with Gasteiger partial charge in [-0.05, 0) is 12.1 Å². The zero-order valence-corrected chi connectivity index (χ0v) is 12.6. The molecule has 0 radical (unpaired) electrons. The standard InChI is InChI=1S/C16H17N5O2/c22-16(23)9-21-14-5-6-17-7-11(14)13(19-21)8-20-10-18-12-3-1-2-4-15(12)20/h1-4,10,17H,5-9H2,(H,22,23). The van der Waals surface area contributed by atoms with Crippen LogP contribution in [-0.2, 0) is 30.8 Å². The molecule has 7 nitrogen and oxygen atoms in total. The van der Waals surface area contributed by atoms with E-state index in [0.29, 0.717) is 6.54 Å². The molecule has 0 saturated carbocycles. The minimum absolute atomic E-state index is 0.0903. The highest BCUT2D eigenvalue weighted by Gasteiger charge is 2.22. The molecule has 3 heterocycles. The third-order valence-corrected chi connectivity index (χ3v) is 4.22. The summed E-state index contributed by atoms with van der Waals surface area (Å²) in [7, 11) is 0. The van der Waals surface area contributed by atoms with Crippen molar-refractivity contribution in [2.45, 2.75) is 26.1 Å². The summed E-state index contributed by atoms with van der Waals surface area (Å²) in [5.41, 5.74) is 5.07. The summed E-state index contributed by atoms with van der Waals surface area (Å²) in [4.78, 5) is 15.5. The second kappa shape index (κ2) is 5.51. The van der Waals surface area contributed by atoms with Crippen LogP contribution in [0.25, 0.3) is 11.0 Å². The van der Waals surface area contributed by atoms with E-state index >= 15 is 0 Å². The van der Waals surface area contributed by atoms with Gasteiger partial charge >= 0.3 is 5.97 Å². The summed E-state index contributed by atoms with van der Waals surface area (Å²) in [5, 5.41) is 17.0. The maximum absolute atomic E-state index is 11.1. The third-order valence-electron chi connectivity index (χ3n) is 4.22. The molecule has 0 bridgehead atoms. The zero-order chi connectivity index (χ0) is 15.8. The maximum Gasteiger partial charge on any atom is 0.325 e. The fraction of sp³-hybridized carbons (Fsp3) is 0.312. The lowest BCUT2D eigenvalue weighted by molar-refractivity contribution is -0.137. The Kier molecular flexibility index (Phi) is 3.34. The van der Waals surface area contributed by atoms with Crippen LogP contribution < -0.4 is 5.32 Å². The summed E-state index contributed by atoms with van der Waals surface area (Å²) in [6.45, 7) is 2.09. The number of fused-ring (bicyclic) bond motifs is 2. The van der Waals surface area contributed by atoms with Crippen molar-refractivity contribution in [1.82, 2.24) is 24.6 Å². The molecule has 4 rings (SSSR count). The van der Waals surface area contributed by atoms with E-state index < -0.39 is 5.97 Å². The van der Waals surface area contributed by atoms with Gasteiger partial charge in [0.15, 0.2) is 0 Å². The molecule has 0 aliphatic carbocycles. The Morgan fingerprint density at radius 1 is 1.35 bits per heavy atom. The van der Waals surface area contributed by atoms with Crippen LogP contribution in [-0.4, -0.2) is 37.0 Å². The Hall–Kier alpha value is -2.67. The Morgan fingerprint density at radius 3 is 3.09 bits per heavy atom. The summed E-state index contributed by atoms with van der Waals surface area (Å²) < 4.78 is 3.69. The molecule has 23 heavy (non-hydrogen) atoms. The Labute approximate surface area is 132 Å². The first-order valence-corrected chi connectivity index (χ1v) is 7.62. The number of aliphatic carboxylic acids is 1. The normalized spacial score (nSPS) is 14.1. The highest BCUT2D eigenvalue weighted by Crippen LogP contribution is 2.21. The molecule has 2 aromatic heterocycles. The first-order valence-electron chi connectivity index (χ1n) is 7.62. The largest absolute Gasteiger partial charge is 0.480 e. The fourth-order valence-corrected chi connectivity index (χ4v) is 3.18. The number of carboxylic acid groups (broad SMARTS) is 1. The Balaban J connectivity index is 1.74. The van der Waals surface area contributed by atoms with Crippen molar-refractivity contribution in [3.05, 3.63) is 47.5 Å². The van der Waals surface area contributed by atoms with E-state index in [1.807, 2.05) is 30.6 Å². The number of hydrogen-bond acceptors (Lipinski definition) is 4. The molecule has 0 spiro atoms. The SMILES string of the molecule is O=C(O)Cn1nc(Cn2cnc3ccccc32)c2c1CCNC2. The van der Waals surface area contributed by atoms with Gasteiger partial charge in [0.1, 0.15) is 6.54 Å². The predicted molar refractivity (Wildman–Crippen MR) is 84.1 cm³/mol. The lowest BCUT2D eigenvalue weighted by Gasteiger charge is -2.15. The number of nitrogens with one attached hydrogen (secondary N) is 1. The second-order valence-electron chi connectivity index (χ2n) is 5.71. The summed E-state index contributed by atoms with van der Waals surface area (Å²) in [6, 6.07) is 7.96. The van der Waals surface area contributed by atoms with Gasteiger partial charge in [0.05, 0.1) is 29.6 Å². The van der Waals surface area contributed by atoms with Gasteiger partial charge in [0, 0.05) is 30.8 Å². The molecule has 0 saturated heterocycles. The molecule has 1 aliphatic heterocycles. The maximum atomic E-state index is 11.1. The lowest BCUT2D eigenvalue weighted by atomic mass is 10.1. The number of carbonyl (C=O) groups is 1. The number of imidazole rings is 1. The van der Waals surface area contributed by atoms with Gasteiger partial charge in [-0.25, -0.2) is 4.98 Å². The van der Waals surface area contributed by atoms with Crippen LogP contribution in [0, 0.1) is 0 Å². The number of benzene rings is 1. The first-order chi connectivity index (χ1) is 11.2. The molecule has 7 heteroatoms. The molecule has 0 unspecified atom stereocenters. The van der Waals surface area contributed by atoms with Crippen LogP contribution >= 0.6 is 0 Å². The highest BCUT2D eigenvalue weighted by molar-refractivity contribution is 5.75. The molecule has 118 valence electrons. The summed E-state index contributed by atoms with van der Waals surface area (Å²) in [5.74, 6) is -0.867. The Morgan fingerprint density at radius 2 is 2.22 bits per heavy atom. The van der Waals surface area contributed by atoms with Crippen molar-refractivity contribution in [3.8, 4) is 0 Å². The van der Waals surface area contributed by atoms with Gasteiger partial charge < -0.3 is 15.0 Å². The lowest BCUT2D eigenvalue weighted by Crippen LogP contribution is -2.26. The van der Waals surface area contributed by atoms with Crippen molar-refractivity contribution < 1.29 is 9.90 Å². The van der Waals surface area contributed by atoms with Gasteiger partial charge in [-0.15, -0.1) is 0 Å². The van der Waals surface area contributed by atoms with Gasteiger partial charge in [-0.1, -0.05) is 12.1 Å². The van der Waals surface area contributed by atoms with Gasteiger partial charge in [-0.3, -0.25) is 9.48 Å². The fourth-order valence-electron chi connectivity index (χ4n) is 3.18. The number of para-hydroxylation sites is 2. The minimum Gasteiger partial charge on any atom is -0.480 e. The van der Waals surface area contributed by atoms with E-state index in [1.165, 1.54) is 0 Å². The minimum atomic E-state index is -0.867. The number of rotatable bonds is 4. The van der Waals surface area contributed by atoms with Crippen LogP contribution in [0.3, 0.4) is 0 Å². The third kappa shape index (κ3) is 2.49. The molecule has 0 amide bonds. The average Bonchev–Trinajstić information content (AvgIpc) is 3.11. The number of carboxylic acids is 1. The molecular weight excluding hydrogens is 294 g/mol. The molecule has 3 aromatic rings. The van der Waals surface area contributed by atoms with Crippen LogP contribution in [0.5, 0.6) is 0 Å². The molecule has 0 fully saturated rings. The van der Waals surface area contributed by atoms with Crippen LogP contribution in [0.2, 0.25) is 0 Å². The molecule has 1 aromatic carbocycles. The van der Waals surface area contributed by atoms with Crippen molar-refractivity contribution >= 4 is 17.0 Å². The zero-order valence-electron chi connectivity index (χ0n) is 12.6. The number of hydrogen-bond donors (Lipinski definition) is 2. The van der Waals surface area contributed by atoms with Gasteiger partial charge in [0.25, 0.3) is 0 Å². The van der Waals surface area contributed by atoms with Gasteiger partial charge in [0.2, 0.25) is 0 Å². The van der Waals surface area contributed by atoms with E-state index in [2.05, 4.69) is 20.0 Å². The van der Waals surface area contributed by atoms with Crippen molar-refractivity contribution in [1.29, 1.82) is 0 Å². The van der Waals surface area contributed by atoms with Crippen molar-refractivity contribution in [2.75, 3.05) is 6.54 Å². The topological polar surface area (TPSA) is 85.0 Å². The van der Waals surface area contributed by atoms with E-state index in [1.54, 1.807) is 4.68 Å². The summed E-state index contributed by atoms with van der Waals surface area (Å²) >= 11 is 0. The highest BCUT2D eigenvalue weighted by atomic mass is 16.4. The first kappa shape index (κ1) is 14.0. The summed E-state index contributed by atoms with van der Waals surface area (Å²) in [6.07, 6.45) is 2.61. The predicted octanol–water partition coefficient (Wildman–Crippen LogP) is 1.01. The Bertz CT molecular complexity index is 880. The van der Waals surface area contributed by atoms with Crippen molar-refractivity contribution in [2.24, 2.45) is 0 Å². The van der Waals surface area contributed by atoms with E-state index in [9.17, 15) is 4.79 Å². The van der Waals surface area contributed by atoms with E-state index in [4.69, 9.17) is 5.11 Å². The monoisotopic (exact) mass is 311 g/mol. The smallest absolute Gasteiger partial charge is 0.325 e. The quantitative estimate of drug-likeness (QED) is 0.751. The molecule has 1 aliphatic rings. The van der Waals surface area contributed by atoms with Gasteiger partial charge in [-0.2, -0.15) is 5.10 Å². The van der Waals surface area contributed by atoms with Crippen LogP contribution in [0.4, 0.5) is 0 Å². The van der Waals surface area contributed by atoms with Crippen LogP contribution in [0.15, 0.2) is 30.6 Å².